The summed E-state index contributed by atoms with van der Waals surface area (Å²) in [4.78, 5) is 13.4. The van der Waals surface area contributed by atoms with Gasteiger partial charge >= 0.3 is 5.97 Å². The van der Waals surface area contributed by atoms with Gasteiger partial charge in [-0.1, -0.05) is 64.4 Å². The lowest BCUT2D eigenvalue weighted by atomic mass is 10.0. The van der Waals surface area contributed by atoms with E-state index in [1.54, 1.807) is 25.3 Å². The van der Waals surface area contributed by atoms with Crippen LogP contribution in [0, 0.1) is 17.8 Å². The molecular formula is C35H58O9Si2. The number of hydrogen-bond donors (Lipinski definition) is 1. The minimum atomic E-state index is -1.90. The average molecular weight is 679 g/mol. The Bertz CT molecular complexity index is 1240. The SMILES string of the molecule is COCOc1cc(OC)cc(C=CC[C@@H]2OC(C)(C)OC2C(O)C#C[C@@H](C)CO[Si](C)(C)C(C)(C)C)c1C(=O)OCC[Si](C)(C)C. The summed E-state index contributed by atoms with van der Waals surface area (Å²) >= 11 is 0. The van der Waals surface area contributed by atoms with Gasteiger partial charge in [-0.3, -0.25) is 0 Å². The fourth-order valence-electron chi connectivity index (χ4n) is 4.38. The van der Waals surface area contributed by atoms with Crippen LogP contribution in [0.15, 0.2) is 18.2 Å². The number of hydrogen-bond acceptors (Lipinski definition) is 9. The summed E-state index contributed by atoms with van der Waals surface area (Å²) in [6.45, 7) is 24.2. The van der Waals surface area contributed by atoms with Gasteiger partial charge in [-0.15, -0.1) is 0 Å². The summed E-state index contributed by atoms with van der Waals surface area (Å²) in [5.41, 5.74) is 0.846. The van der Waals surface area contributed by atoms with Crippen molar-refractivity contribution in [3.63, 3.8) is 0 Å². The van der Waals surface area contributed by atoms with Crippen LogP contribution in [0.4, 0.5) is 0 Å². The van der Waals surface area contributed by atoms with E-state index in [0.717, 1.165) is 6.04 Å². The molecule has 9 nitrogen and oxygen atoms in total. The Morgan fingerprint density at radius 2 is 1.78 bits per heavy atom. The largest absolute Gasteiger partial charge is 0.497 e. The van der Waals surface area contributed by atoms with Gasteiger partial charge in [-0.05, 0) is 63.0 Å². The van der Waals surface area contributed by atoms with Gasteiger partial charge in [0, 0.05) is 33.8 Å². The highest BCUT2D eigenvalue weighted by molar-refractivity contribution is 6.76. The van der Waals surface area contributed by atoms with Crippen molar-refractivity contribution in [2.24, 2.45) is 5.92 Å². The summed E-state index contributed by atoms with van der Waals surface area (Å²) in [6.07, 6.45) is 1.88. The zero-order chi connectivity index (χ0) is 34.9. The number of aliphatic hydroxyl groups excluding tert-OH is 1. The minimum Gasteiger partial charge on any atom is -0.497 e. The van der Waals surface area contributed by atoms with Crippen LogP contribution < -0.4 is 9.47 Å². The number of esters is 1. The number of methoxy groups -OCH3 is 2. The van der Waals surface area contributed by atoms with Gasteiger partial charge in [-0.25, -0.2) is 4.79 Å². The normalized spacial score (nSPS) is 19.8. The molecule has 0 aromatic heterocycles. The zero-order valence-electron chi connectivity index (χ0n) is 30.4. The van der Waals surface area contributed by atoms with Crippen LogP contribution >= 0.6 is 0 Å². The van der Waals surface area contributed by atoms with Crippen molar-refractivity contribution in [1.82, 2.24) is 0 Å². The van der Waals surface area contributed by atoms with Crippen LogP contribution in [-0.2, 0) is 23.4 Å². The van der Waals surface area contributed by atoms with E-state index in [2.05, 4.69) is 65.3 Å². The molecule has 1 aromatic rings. The first-order chi connectivity index (χ1) is 21.2. The molecule has 1 aliphatic rings. The molecule has 0 saturated carbocycles. The van der Waals surface area contributed by atoms with E-state index in [0.29, 0.717) is 36.7 Å². The quantitative estimate of drug-likeness (QED) is 0.0900. The molecular weight excluding hydrogens is 621 g/mol. The third-order valence-electron chi connectivity index (χ3n) is 8.14. The predicted octanol–water partition coefficient (Wildman–Crippen LogP) is 7.12. The van der Waals surface area contributed by atoms with E-state index in [4.69, 9.17) is 32.8 Å². The maximum Gasteiger partial charge on any atom is 0.342 e. The topological polar surface area (TPSA) is 102 Å². The molecule has 11 heteroatoms. The molecule has 1 saturated heterocycles. The highest BCUT2D eigenvalue weighted by Gasteiger charge is 2.44. The van der Waals surface area contributed by atoms with Crippen LogP contribution in [0.25, 0.3) is 6.08 Å². The highest BCUT2D eigenvalue weighted by atomic mass is 28.4. The predicted molar refractivity (Wildman–Crippen MR) is 188 cm³/mol. The average Bonchev–Trinajstić information content (AvgIpc) is 3.25. The highest BCUT2D eigenvalue weighted by Crippen LogP contribution is 2.37. The number of aliphatic hydroxyl groups is 1. The van der Waals surface area contributed by atoms with Crippen molar-refractivity contribution >= 4 is 28.4 Å². The Morgan fingerprint density at radius 3 is 2.37 bits per heavy atom. The molecule has 0 bridgehead atoms. The Labute approximate surface area is 279 Å². The number of rotatable bonds is 15. The molecule has 4 atom stereocenters. The summed E-state index contributed by atoms with van der Waals surface area (Å²) < 4.78 is 40.6. The van der Waals surface area contributed by atoms with Crippen LogP contribution in [0.3, 0.4) is 0 Å². The summed E-state index contributed by atoms with van der Waals surface area (Å²) in [5, 5.41) is 11.2. The molecule has 0 amide bonds. The number of benzene rings is 1. The van der Waals surface area contributed by atoms with E-state index in [9.17, 15) is 9.90 Å². The maximum atomic E-state index is 13.4. The first-order valence-electron chi connectivity index (χ1n) is 16.1. The fourth-order valence-corrected chi connectivity index (χ4v) is 6.19. The molecule has 0 spiro atoms. The number of carbonyl (C=O) groups excluding carboxylic acids is 1. The van der Waals surface area contributed by atoms with E-state index in [-0.39, 0.29) is 23.3 Å². The third-order valence-corrected chi connectivity index (χ3v) is 14.3. The van der Waals surface area contributed by atoms with Crippen LogP contribution in [0.2, 0.25) is 43.8 Å². The number of carbonyl (C=O) groups is 1. The molecule has 0 aliphatic carbocycles. The number of ether oxygens (including phenoxy) is 6. The van der Waals surface area contributed by atoms with Crippen molar-refractivity contribution in [3.8, 4) is 23.3 Å². The third kappa shape index (κ3) is 12.5. The van der Waals surface area contributed by atoms with E-state index in [1.807, 2.05) is 26.8 Å². The lowest BCUT2D eigenvalue weighted by molar-refractivity contribution is -0.151. The molecule has 1 aliphatic heterocycles. The molecule has 260 valence electrons. The second-order valence-electron chi connectivity index (χ2n) is 15.1. The second kappa shape index (κ2) is 16.8. The molecule has 1 N–H and O–H groups in total. The van der Waals surface area contributed by atoms with Crippen LogP contribution in [-0.4, -0.2) is 85.8 Å². The Hall–Kier alpha value is -2.18. The van der Waals surface area contributed by atoms with Crippen LogP contribution in [0.5, 0.6) is 11.5 Å². The smallest absolute Gasteiger partial charge is 0.342 e. The second-order valence-corrected chi connectivity index (χ2v) is 25.5. The minimum absolute atomic E-state index is 0.0462. The van der Waals surface area contributed by atoms with Crippen molar-refractivity contribution in [2.75, 3.05) is 34.2 Å². The lowest BCUT2D eigenvalue weighted by Gasteiger charge is -2.36. The van der Waals surface area contributed by atoms with Gasteiger partial charge in [-0.2, -0.15) is 0 Å². The standard InChI is InChI=1S/C35H58O9Si2/c1-25(23-42-46(12,13)34(2,3)4)17-18-28(36)32-29(43-35(5,6)44-32)16-14-15-26-21-27(39-8)22-30(41-24-38-7)31(26)33(37)40-19-20-45(9,10)11/h14-15,21-22,25,28-29,32,36H,16,19-20,23-24H2,1-13H3/t25-,28?,29+,32?/m1/s1. The van der Waals surface area contributed by atoms with Gasteiger partial charge in [0.2, 0.25) is 0 Å². The Morgan fingerprint density at radius 1 is 1.11 bits per heavy atom. The van der Waals surface area contributed by atoms with Gasteiger partial charge in [0.15, 0.2) is 20.9 Å². The Balaban J connectivity index is 2.26. The van der Waals surface area contributed by atoms with Crippen molar-refractivity contribution < 1.29 is 42.7 Å². The van der Waals surface area contributed by atoms with Crippen molar-refractivity contribution in [3.05, 3.63) is 29.3 Å². The van der Waals surface area contributed by atoms with Gasteiger partial charge in [0.1, 0.15) is 29.3 Å². The first kappa shape index (κ1) is 40.0. The van der Waals surface area contributed by atoms with Gasteiger partial charge in [0.25, 0.3) is 0 Å². The van der Waals surface area contributed by atoms with Crippen molar-refractivity contribution in [2.45, 2.75) is 116 Å². The van der Waals surface area contributed by atoms with Gasteiger partial charge in [0.05, 0.1) is 19.8 Å². The van der Waals surface area contributed by atoms with E-state index >= 15 is 0 Å². The summed E-state index contributed by atoms with van der Waals surface area (Å²) in [6, 6.07) is 4.25. The summed E-state index contributed by atoms with van der Waals surface area (Å²) in [5.74, 6) is 5.52. The molecule has 2 unspecified atom stereocenters. The molecule has 1 aromatic carbocycles. The molecule has 1 heterocycles. The molecule has 46 heavy (non-hydrogen) atoms. The lowest BCUT2D eigenvalue weighted by Crippen LogP contribution is -2.41. The van der Waals surface area contributed by atoms with Crippen LogP contribution in [0.1, 0.15) is 63.9 Å². The van der Waals surface area contributed by atoms with Gasteiger partial charge < -0.3 is 38.0 Å². The van der Waals surface area contributed by atoms with E-state index in [1.165, 1.54) is 7.11 Å². The molecule has 1 fully saturated rings. The van der Waals surface area contributed by atoms with E-state index < -0.39 is 46.5 Å². The zero-order valence-corrected chi connectivity index (χ0v) is 32.4. The maximum absolute atomic E-state index is 13.4. The Kier molecular flexibility index (Phi) is 14.6. The van der Waals surface area contributed by atoms with Crippen molar-refractivity contribution in [1.29, 1.82) is 0 Å². The monoisotopic (exact) mass is 678 g/mol. The molecule has 2 rings (SSSR count). The fraction of sp³-hybridized carbons (Fsp3) is 0.686. The summed E-state index contributed by atoms with van der Waals surface area (Å²) in [7, 11) is -0.243. The molecule has 0 radical (unpaired) electrons. The first-order valence-corrected chi connectivity index (χ1v) is 22.7.